The standard InChI is InChI=1S/C76H133N2O6P/c1-6-8-10-12-14-16-18-20-22-24-26-28-30-32-34-36-37-38-39-40-41-42-44-46-48-50-52-54-56-58-60-62-64-66-68-70-76(80)77-74(73-84-85(81,82)83-72-71-78(3,4)5)75(79)69-67-65-63-61-59-57-55-53-51-49-47-45-43-35-33-31-29-27-25-23-21-19-17-15-13-11-9-7-2/h8,10,14,16,20,22,26,28,32,34,37-38,40-41,44,46,50,52,59,61,67,69,74-75,79H,6-7,9,11-13,15,17-19,21,23-25,27,29-31,33,35-36,39,42-43,45,47-49,51,53-58,60,62-66,68,70-73H2,1-5H3,(H-,77,80,81,82)/p+1/b10-8-,16-14-,22-20-,28-26-,34-32-,38-37-,41-40-,46-44-,52-50-,61-59+,69-67+. The van der Waals surface area contributed by atoms with Crippen LogP contribution in [0.5, 0.6) is 0 Å². The van der Waals surface area contributed by atoms with Crippen molar-refractivity contribution < 1.29 is 32.9 Å². The Labute approximate surface area is 526 Å². The second-order valence-corrected chi connectivity index (χ2v) is 26.0. The van der Waals surface area contributed by atoms with Crippen LogP contribution in [-0.4, -0.2) is 73.4 Å². The summed E-state index contributed by atoms with van der Waals surface area (Å²) in [5.74, 6) is -0.201. The minimum Gasteiger partial charge on any atom is -0.387 e. The Bertz CT molecular complexity index is 1850. The SMILES string of the molecule is CC/C=C\C/C=C\C/C=C\C/C=C\C/C=C\C/C=C\C/C=C\C/C=C\C/C=C\CCCCCCCCCC(=O)NC(COP(=O)(O)OCC[N+](C)(C)C)C(O)/C=C/CC/C=C/CCCCCCCCCCCCCCCCCCCCCCCC. The molecular formula is C76H134N2O6P+. The molecule has 488 valence electrons. The Balaban J connectivity index is 4.20. The van der Waals surface area contributed by atoms with E-state index in [0.29, 0.717) is 17.4 Å². The third-order valence-corrected chi connectivity index (χ3v) is 16.1. The van der Waals surface area contributed by atoms with Crippen LogP contribution in [0.15, 0.2) is 134 Å². The quantitative estimate of drug-likeness (QED) is 0.0243. The third-order valence-electron chi connectivity index (χ3n) is 15.1. The van der Waals surface area contributed by atoms with Crippen molar-refractivity contribution in [3.8, 4) is 0 Å². The van der Waals surface area contributed by atoms with Crippen molar-refractivity contribution in [2.75, 3.05) is 40.9 Å². The number of aliphatic hydroxyl groups is 1. The van der Waals surface area contributed by atoms with Gasteiger partial charge in [0.1, 0.15) is 13.2 Å². The maximum Gasteiger partial charge on any atom is 0.472 e. The van der Waals surface area contributed by atoms with Gasteiger partial charge in [-0.25, -0.2) is 4.57 Å². The van der Waals surface area contributed by atoms with Gasteiger partial charge in [0.15, 0.2) is 0 Å². The first kappa shape index (κ1) is 81.6. The van der Waals surface area contributed by atoms with Crippen LogP contribution in [0.1, 0.15) is 290 Å². The Hall–Kier alpha value is -3.36. The summed E-state index contributed by atoms with van der Waals surface area (Å²) in [7, 11) is 1.53. The lowest BCUT2D eigenvalue weighted by Gasteiger charge is -2.25. The zero-order chi connectivity index (χ0) is 61.9. The van der Waals surface area contributed by atoms with Gasteiger partial charge in [0, 0.05) is 6.42 Å². The number of nitrogens with zero attached hydrogens (tertiary/aromatic N) is 1. The maximum atomic E-state index is 13.0. The highest BCUT2D eigenvalue weighted by atomic mass is 31.2. The topological polar surface area (TPSA) is 105 Å². The molecule has 0 saturated heterocycles. The van der Waals surface area contributed by atoms with Crippen molar-refractivity contribution in [2.24, 2.45) is 0 Å². The monoisotopic (exact) mass is 1200 g/mol. The Morgan fingerprint density at radius 3 is 1.08 bits per heavy atom. The molecule has 85 heavy (non-hydrogen) atoms. The highest BCUT2D eigenvalue weighted by molar-refractivity contribution is 7.47. The molecule has 8 nitrogen and oxygen atoms in total. The number of amides is 1. The van der Waals surface area contributed by atoms with Crippen LogP contribution in [0.3, 0.4) is 0 Å². The number of phosphoric ester groups is 1. The number of hydrogen-bond donors (Lipinski definition) is 3. The van der Waals surface area contributed by atoms with Crippen molar-refractivity contribution >= 4 is 13.7 Å². The number of rotatable bonds is 63. The summed E-state index contributed by atoms with van der Waals surface area (Å²) in [5, 5.41) is 14.0. The molecule has 0 bridgehead atoms. The van der Waals surface area contributed by atoms with Crippen molar-refractivity contribution in [3.63, 3.8) is 0 Å². The molecule has 0 aromatic heterocycles. The van der Waals surface area contributed by atoms with E-state index in [-0.39, 0.29) is 19.1 Å². The lowest BCUT2D eigenvalue weighted by molar-refractivity contribution is -0.870. The van der Waals surface area contributed by atoms with Gasteiger partial charge in [-0.05, 0) is 103 Å². The minimum absolute atomic E-state index is 0.0472. The fourth-order valence-corrected chi connectivity index (χ4v) is 10.4. The van der Waals surface area contributed by atoms with Crippen molar-refractivity contribution in [2.45, 2.75) is 302 Å². The smallest absolute Gasteiger partial charge is 0.387 e. The molecule has 1 amide bonds. The van der Waals surface area contributed by atoms with Crippen molar-refractivity contribution in [1.29, 1.82) is 0 Å². The lowest BCUT2D eigenvalue weighted by Crippen LogP contribution is -2.45. The number of phosphoric acid groups is 1. The van der Waals surface area contributed by atoms with Crippen LogP contribution in [0, 0.1) is 0 Å². The van der Waals surface area contributed by atoms with E-state index < -0.39 is 20.0 Å². The summed E-state index contributed by atoms with van der Waals surface area (Å²) < 4.78 is 23.8. The second kappa shape index (κ2) is 65.1. The fraction of sp³-hybridized carbons (Fsp3) is 0.697. The number of quaternary nitrogens is 1. The van der Waals surface area contributed by atoms with Gasteiger partial charge in [0.05, 0.1) is 39.9 Å². The van der Waals surface area contributed by atoms with Gasteiger partial charge in [-0.2, -0.15) is 0 Å². The van der Waals surface area contributed by atoms with Crippen LogP contribution in [-0.2, 0) is 18.4 Å². The Morgan fingerprint density at radius 1 is 0.412 bits per heavy atom. The zero-order valence-electron chi connectivity index (χ0n) is 55.8. The molecule has 0 fully saturated rings. The van der Waals surface area contributed by atoms with Gasteiger partial charge in [-0.3, -0.25) is 13.8 Å². The normalized spacial score (nSPS) is 14.5. The maximum absolute atomic E-state index is 13.0. The summed E-state index contributed by atoms with van der Waals surface area (Å²) in [6.45, 7) is 4.69. The number of carbonyl (C=O) groups excluding carboxylic acids is 1. The molecule has 0 saturated carbocycles. The summed E-state index contributed by atoms with van der Waals surface area (Å²) in [6.07, 6.45) is 98.8. The first-order valence-corrected chi connectivity index (χ1v) is 36.6. The van der Waals surface area contributed by atoms with Crippen LogP contribution >= 0.6 is 7.82 Å². The average molecular weight is 1200 g/mol. The van der Waals surface area contributed by atoms with Crippen LogP contribution in [0.25, 0.3) is 0 Å². The fourth-order valence-electron chi connectivity index (χ4n) is 9.70. The van der Waals surface area contributed by atoms with E-state index in [1.165, 1.54) is 161 Å². The summed E-state index contributed by atoms with van der Waals surface area (Å²) >= 11 is 0. The van der Waals surface area contributed by atoms with Crippen molar-refractivity contribution in [1.82, 2.24) is 5.32 Å². The molecule has 3 atom stereocenters. The van der Waals surface area contributed by atoms with E-state index in [0.717, 1.165) is 109 Å². The van der Waals surface area contributed by atoms with Crippen LogP contribution < -0.4 is 5.32 Å². The van der Waals surface area contributed by atoms with E-state index in [9.17, 15) is 19.4 Å². The number of allylic oxidation sites excluding steroid dienone is 21. The minimum atomic E-state index is -4.38. The molecule has 0 heterocycles. The molecular weight excluding hydrogens is 1070 g/mol. The molecule has 0 aliphatic rings. The summed E-state index contributed by atoms with van der Waals surface area (Å²) in [6, 6.07) is -0.881. The molecule has 0 spiro atoms. The first-order chi connectivity index (χ1) is 41.5. The lowest BCUT2D eigenvalue weighted by atomic mass is 10.0. The molecule has 0 aliphatic carbocycles. The molecule has 9 heteroatoms. The van der Waals surface area contributed by atoms with Crippen LogP contribution in [0.4, 0.5) is 0 Å². The van der Waals surface area contributed by atoms with E-state index >= 15 is 0 Å². The number of nitrogens with one attached hydrogen (secondary N) is 1. The molecule has 3 N–H and O–H groups in total. The average Bonchev–Trinajstić information content (AvgIpc) is 3.48. The number of aliphatic hydroxyl groups excluding tert-OH is 1. The van der Waals surface area contributed by atoms with E-state index in [4.69, 9.17) is 9.05 Å². The number of likely N-dealkylation sites (N-methyl/N-ethyl adjacent to an activating group) is 1. The van der Waals surface area contributed by atoms with Crippen molar-refractivity contribution in [3.05, 3.63) is 134 Å². The molecule has 0 aliphatic heterocycles. The third kappa shape index (κ3) is 68.0. The van der Waals surface area contributed by atoms with Gasteiger partial charge in [-0.1, -0.05) is 314 Å². The van der Waals surface area contributed by atoms with Gasteiger partial charge in [-0.15, -0.1) is 0 Å². The summed E-state index contributed by atoms with van der Waals surface area (Å²) in [4.78, 5) is 23.4. The van der Waals surface area contributed by atoms with Gasteiger partial charge >= 0.3 is 7.82 Å². The zero-order valence-corrected chi connectivity index (χ0v) is 56.7. The highest BCUT2D eigenvalue weighted by Gasteiger charge is 2.28. The van der Waals surface area contributed by atoms with Gasteiger partial charge < -0.3 is 19.8 Å². The first-order valence-electron chi connectivity index (χ1n) is 35.1. The Morgan fingerprint density at radius 2 is 0.718 bits per heavy atom. The van der Waals surface area contributed by atoms with Gasteiger partial charge in [0.25, 0.3) is 0 Å². The number of unbranched alkanes of at least 4 members (excludes halogenated alkanes) is 30. The Kier molecular flexibility index (Phi) is 62.5. The number of carbonyl (C=O) groups is 1. The highest BCUT2D eigenvalue weighted by Crippen LogP contribution is 2.43. The molecule has 0 aromatic rings. The van der Waals surface area contributed by atoms with E-state index in [1.54, 1.807) is 6.08 Å². The molecule has 0 rings (SSSR count). The predicted molar refractivity (Wildman–Crippen MR) is 373 cm³/mol. The van der Waals surface area contributed by atoms with E-state index in [2.05, 4.69) is 141 Å². The number of hydrogen-bond acceptors (Lipinski definition) is 5. The summed E-state index contributed by atoms with van der Waals surface area (Å²) in [5.41, 5.74) is 0. The van der Waals surface area contributed by atoms with Crippen LogP contribution in [0.2, 0.25) is 0 Å². The molecule has 3 unspecified atom stereocenters. The van der Waals surface area contributed by atoms with E-state index in [1.807, 2.05) is 27.2 Å². The second-order valence-electron chi connectivity index (χ2n) is 24.5. The molecule has 0 radical (unpaired) electrons. The predicted octanol–water partition coefficient (Wildman–Crippen LogP) is 22.6. The largest absolute Gasteiger partial charge is 0.472 e. The van der Waals surface area contributed by atoms with Gasteiger partial charge in [0.2, 0.25) is 5.91 Å². The molecule has 0 aromatic carbocycles.